The third-order valence-corrected chi connectivity index (χ3v) is 14.5. The topological polar surface area (TPSA) is 97.7 Å². The molecule has 0 aromatic heterocycles. The molecule has 2 aliphatic heterocycles. The lowest BCUT2D eigenvalue weighted by Gasteiger charge is -2.36. The SMILES string of the molecule is N#CC(c1ccccc1-c1ccc(Cl)cc1)C1CCN(c2ccc(C(=O)NSc3ccc(NC(CCN4CCOCC4)CSc4ccccc4)c(S(=O)C(F)(F)F)c3)cc2)CC1. The molecule has 2 saturated heterocycles. The Balaban J connectivity index is 0.970. The van der Waals surface area contributed by atoms with E-state index in [1.165, 1.54) is 12.1 Å². The van der Waals surface area contributed by atoms with Gasteiger partial charge >= 0.3 is 5.51 Å². The van der Waals surface area contributed by atoms with Crippen LogP contribution in [0.25, 0.3) is 11.1 Å². The molecular weight excluding hydrogens is 871 g/mol. The quantitative estimate of drug-likeness (QED) is 0.0741. The predicted octanol–water partition coefficient (Wildman–Crippen LogP) is 10.9. The van der Waals surface area contributed by atoms with Gasteiger partial charge in [0.2, 0.25) is 0 Å². The number of carbonyl (C=O) groups excluding carboxylic acids is 1. The Hall–Kier alpha value is -4.49. The van der Waals surface area contributed by atoms with Crippen molar-refractivity contribution in [1.29, 1.82) is 5.26 Å². The van der Waals surface area contributed by atoms with Crippen LogP contribution in [0.2, 0.25) is 5.02 Å². The maximum absolute atomic E-state index is 14.0. The van der Waals surface area contributed by atoms with Gasteiger partial charge in [-0.05, 0) is 121 Å². The molecule has 15 heteroatoms. The highest BCUT2D eigenvalue weighted by Crippen LogP contribution is 2.39. The van der Waals surface area contributed by atoms with Gasteiger partial charge in [0.15, 0.2) is 10.8 Å². The van der Waals surface area contributed by atoms with Crippen molar-refractivity contribution in [3.63, 3.8) is 0 Å². The second kappa shape index (κ2) is 21.7. The van der Waals surface area contributed by atoms with Crippen molar-refractivity contribution in [2.45, 2.75) is 51.4 Å². The zero-order valence-corrected chi connectivity index (χ0v) is 37.1. The summed E-state index contributed by atoms with van der Waals surface area (Å²) in [6.45, 7) is 5.09. The summed E-state index contributed by atoms with van der Waals surface area (Å²) >= 11 is 8.61. The lowest BCUT2D eigenvalue weighted by Crippen LogP contribution is -2.39. The van der Waals surface area contributed by atoms with Gasteiger partial charge in [-0.1, -0.05) is 66.2 Å². The Labute approximate surface area is 377 Å². The van der Waals surface area contributed by atoms with Crippen molar-refractivity contribution in [1.82, 2.24) is 9.62 Å². The monoisotopic (exact) mass is 917 g/mol. The number of nitrogens with one attached hydrogen (secondary N) is 2. The zero-order valence-electron chi connectivity index (χ0n) is 33.9. The minimum absolute atomic E-state index is 0.141. The molecule has 1 amide bonds. The number of nitriles is 1. The Kier molecular flexibility index (Phi) is 16.0. The first kappa shape index (κ1) is 45.5. The van der Waals surface area contributed by atoms with Crippen molar-refractivity contribution in [2.75, 3.05) is 61.9 Å². The molecule has 2 aliphatic rings. The van der Waals surface area contributed by atoms with Gasteiger partial charge in [0.1, 0.15) is 0 Å². The van der Waals surface area contributed by atoms with Crippen LogP contribution in [0.5, 0.6) is 0 Å². The number of hydrogen-bond donors (Lipinski definition) is 2. The second-order valence-corrected chi connectivity index (χ2v) is 19.0. The van der Waals surface area contributed by atoms with Crippen LogP contribution in [0, 0.1) is 17.2 Å². The van der Waals surface area contributed by atoms with E-state index >= 15 is 0 Å². The number of ether oxygens (including phenoxy) is 1. The molecule has 7 rings (SSSR count). The Morgan fingerprint density at radius 1 is 0.887 bits per heavy atom. The molecule has 3 unspecified atom stereocenters. The van der Waals surface area contributed by atoms with E-state index in [4.69, 9.17) is 16.3 Å². The number of carbonyl (C=O) groups is 1. The van der Waals surface area contributed by atoms with E-state index in [2.05, 4.69) is 25.9 Å². The molecule has 2 fully saturated rings. The van der Waals surface area contributed by atoms with Crippen LogP contribution in [-0.2, 0) is 15.5 Å². The Morgan fingerprint density at radius 3 is 2.27 bits per heavy atom. The first-order valence-corrected chi connectivity index (χ1v) is 23.8. The van der Waals surface area contributed by atoms with E-state index in [9.17, 15) is 27.4 Å². The maximum Gasteiger partial charge on any atom is 0.475 e. The van der Waals surface area contributed by atoms with Crippen LogP contribution in [-0.4, -0.2) is 78.3 Å². The highest BCUT2D eigenvalue weighted by Gasteiger charge is 2.40. The summed E-state index contributed by atoms with van der Waals surface area (Å²) in [5.74, 6) is 0.0685. The van der Waals surface area contributed by atoms with Crippen LogP contribution in [0.3, 0.4) is 0 Å². The normalized spacial score (nSPS) is 16.5. The summed E-state index contributed by atoms with van der Waals surface area (Å²) in [6.07, 6.45) is 2.30. The van der Waals surface area contributed by atoms with E-state index in [1.807, 2.05) is 91.0 Å². The van der Waals surface area contributed by atoms with Gasteiger partial charge in [-0.3, -0.25) is 14.4 Å². The summed E-state index contributed by atoms with van der Waals surface area (Å²) in [7, 11) is -3.32. The predicted molar refractivity (Wildman–Crippen MR) is 245 cm³/mol. The summed E-state index contributed by atoms with van der Waals surface area (Å²) in [4.78, 5) is 18.8. The van der Waals surface area contributed by atoms with E-state index < -0.39 is 27.1 Å². The van der Waals surface area contributed by atoms with Gasteiger partial charge in [-0.15, -0.1) is 11.8 Å². The highest BCUT2D eigenvalue weighted by atomic mass is 35.5. The van der Waals surface area contributed by atoms with Crippen LogP contribution in [0.15, 0.2) is 136 Å². The van der Waals surface area contributed by atoms with Gasteiger partial charge in [-0.25, -0.2) is 4.21 Å². The summed E-state index contributed by atoms with van der Waals surface area (Å²) < 4.78 is 63.2. The molecular formula is C47H47ClF3N5O3S3. The van der Waals surface area contributed by atoms with Crippen molar-refractivity contribution < 1.29 is 26.9 Å². The van der Waals surface area contributed by atoms with Crippen LogP contribution in [0.1, 0.15) is 41.1 Å². The van der Waals surface area contributed by atoms with Crippen LogP contribution < -0.4 is 14.9 Å². The van der Waals surface area contributed by atoms with Crippen molar-refractivity contribution in [2.24, 2.45) is 5.92 Å². The zero-order chi connectivity index (χ0) is 43.5. The molecule has 0 aliphatic carbocycles. The Morgan fingerprint density at radius 2 is 1.58 bits per heavy atom. The molecule has 5 aromatic rings. The fraction of sp³-hybridized carbons (Fsp3) is 0.319. The van der Waals surface area contributed by atoms with E-state index in [0.29, 0.717) is 40.9 Å². The number of amides is 1. The second-order valence-electron chi connectivity index (χ2n) is 15.2. The molecule has 0 spiro atoms. The molecule has 2 N–H and O–H groups in total. The number of thioether (sulfide) groups is 1. The number of benzene rings is 5. The molecule has 5 aromatic carbocycles. The number of hydrogen-bond acceptors (Lipinski definition) is 9. The van der Waals surface area contributed by atoms with E-state index in [0.717, 1.165) is 84.8 Å². The Bertz CT molecular complexity index is 2320. The average Bonchev–Trinajstić information content (AvgIpc) is 3.30. The van der Waals surface area contributed by atoms with Gasteiger partial charge in [0.05, 0.1) is 35.8 Å². The molecule has 8 nitrogen and oxygen atoms in total. The standard InChI is InChI=1S/C47H47ClF3N5O3S3/c48-36-14-10-33(11-15-36)41-8-4-5-9-42(41)43(31-52)34-20-24-56(25-21-34)38-16-12-35(13-17-38)46(57)54-61-40-18-19-44(45(30-40)62(58)47(49,50)51)53-37(22-23-55-26-28-59-29-27-55)32-60-39-6-2-1-3-7-39/h1-19,30,34,37,43,53H,20-29,32H2,(H,54,57). The molecule has 3 atom stereocenters. The van der Waals surface area contributed by atoms with E-state index in [1.54, 1.807) is 30.0 Å². The molecule has 0 bridgehead atoms. The summed E-state index contributed by atoms with van der Waals surface area (Å²) in [5, 5.41) is 14.3. The third-order valence-electron chi connectivity index (χ3n) is 11.2. The summed E-state index contributed by atoms with van der Waals surface area (Å²) in [6, 6.07) is 39.5. The molecule has 0 radical (unpaired) electrons. The number of anilines is 2. The first-order valence-electron chi connectivity index (χ1n) is 20.5. The minimum Gasteiger partial charge on any atom is -0.380 e. The number of nitrogens with zero attached hydrogens (tertiary/aromatic N) is 3. The van der Waals surface area contributed by atoms with Gasteiger partial charge in [0.25, 0.3) is 5.91 Å². The first-order chi connectivity index (χ1) is 30.1. The largest absolute Gasteiger partial charge is 0.475 e. The average molecular weight is 919 g/mol. The molecule has 62 heavy (non-hydrogen) atoms. The number of halogens is 4. The lowest BCUT2D eigenvalue weighted by atomic mass is 9.78. The third kappa shape index (κ3) is 12.2. The molecule has 324 valence electrons. The molecule has 0 saturated carbocycles. The number of rotatable bonds is 16. The van der Waals surface area contributed by atoms with Crippen molar-refractivity contribution >= 4 is 63.4 Å². The van der Waals surface area contributed by atoms with Crippen molar-refractivity contribution in [3.8, 4) is 17.2 Å². The maximum atomic E-state index is 14.0. The van der Waals surface area contributed by atoms with Gasteiger partial charge in [0, 0.05) is 70.6 Å². The van der Waals surface area contributed by atoms with Gasteiger partial charge < -0.3 is 15.0 Å². The van der Waals surface area contributed by atoms with Crippen LogP contribution in [0.4, 0.5) is 24.5 Å². The van der Waals surface area contributed by atoms with Crippen molar-refractivity contribution in [3.05, 3.63) is 137 Å². The van der Waals surface area contributed by atoms with E-state index in [-0.39, 0.29) is 23.6 Å². The molecule has 2 heterocycles. The smallest absolute Gasteiger partial charge is 0.380 e. The lowest BCUT2D eigenvalue weighted by molar-refractivity contribution is -0.0384. The highest BCUT2D eigenvalue weighted by molar-refractivity contribution is 7.99. The van der Waals surface area contributed by atoms with Gasteiger partial charge in [-0.2, -0.15) is 18.4 Å². The number of alkyl halides is 3. The number of piperidine rings is 1. The fourth-order valence-electron chi connectivity index (χ4n) is 7.83. The fourth-order valence-corrected chi connectivity index (χ4v) is 10.5. The summed E-state index contributed by atoms with van der Waals surface area (Å²) in [5.41, 5.74) is -0.438. The number of morpholine rings is 1. The minimum atomic E-state index is -4.98. The van der Waals surface area contributed by atoms with Crippen LogP contribution >= 0.6 is 35.3 Å².